The fraction of sp³-hybridized carbons (Fsp3) is 0. The monoisotopic (exact) mass is 218 g/mol. The number of benzene rings is 1. The summed E-state index contributed by atoms with van der Waals surface area (Å²) in [6.07, 6.45) is 1.48. The van der Waals surface area contributed by atoms with Crippen LogP contribution in [0.25, 0.3) is 0 Å². The first kappa shape index (κ1) is 10.0. The molecule has 5 N–H and O–H groups in total. The molecule has 0 aliphatic carbocycles. The van der Waals surface area contributed by atoms with E-state index in [4.69, 9.17) is 10.8 Å². The standard InChI is InChI=1S/C10H10N4O2/c11-7-5-6(15)1-2-8(7)13-10(16)9-3-4-12-14-9/h1-5,15H,11H2,(H,12,14)(H,13,16). The number of H-pyrrole nitrogens is 1. The summed E-state index contributed by atoms with van der Waals surface area (Å²) < 4.78 is 0. The molecule has 2 rings (SSSR count). The van der Waals surface area contributed by atoms with Crippen LogP contribution in [0.15, 0.2) is 30.5 Å². The van der Waals surface area contributed by atoms with Gasteiger partial charge in [-0.05, 0) is 18.2 Å². The van der Waals surface area contributed by atoms with Crippen LogP contribution in [0.3, 0.4) is 0 Å². The van der Waals surface area contributed by atoms with Crippen LogP contribution in [0.1, 0.15) is 10.5 Å². The highest BCUT2D eigenvalue weighted by molar-refractivity contribution is 6.04. The molecule has 0 radical (unpaired) electrons. The zero-order chi connectivity index (χ0) is 11.5. The fourth-order valence-corrected chi connectivity index (χ4v) is 1.24. The summed E-state index contributed by atoms with van der Waals surface area (Å²) in [6.45, 7) is 0. The molecule has 0 aliphatic heterocycles. The Labute approximate surface area is 91.1 Å². The van der Waals surface area contributed by atoms with Gasteiger partial charge < -0.3 is 16.2 Å². The van der Waals surface area contributed by atoms with Gasteiger partial charge in [0.25, 0.3) is 5.91 Å². The van der Waals surface area contributed by atoms with Crippen molar-refractivity contribution in [2.75, 3.05) is 11.1 Å². The zero-order valence-corrected chi connectivity index (χ0v) is 8.27. The number of anilines is 2. The molecule has 16 heavy (non-hydrogen) atoms. The SMILES string of the molecule is Nc1cc(O)ccc1NC(=O)c1ccn[nH]1. The molecule has 1 aromatic carbocycles. The second-order valence-corrected chi connectivity index (χ2v) is 3.20. The molecule has 0 fully saturated rings. The molecule has 0 spiro atoms. The molecule has 1 aromatic heterocycles. The number of amides is 1. The Bertz CT molecular complexity index is 508. The molecule has 6 nitrogen and oxygen atoms in total. The molecule has 82 valence electrons. The van der Waals surface area contributed by atoms with Crippen LogP contribution in [0.5, 0.6) is 5.75 Å². The molecule has 0 aliphatic rings. The third kappa shape index (κ3) is 1.95. The summed E-state index contributed by atoms with van der Waals surface area (Å²) in [5.41, 5.74) is 6.70. The van der Waals surface area contributed by atoms with E-state index in [0.717, 1.165) is 0 Å². The number of phenolic OH excluding ortho intramolecular Hbond substituents is 1. The van der Waals surface area contributed by atoms with E-state index in [2.05, 4.69) is 15.5 Å². The van der Waals surface area contributed by atoms with Crippen molar-refractivity contribution >= 4 is 17.3 Å². The Balaban J connectivity index is 2.18. The van der Waals surface area contributed by atoms with Crippen molar-refractivity contribution in [1.29, 1.82) is 0 Å². The minimum atomic E-state index is -0.338. The van der Waals surface area contributed by atoms with Crippen LogP contribution in [0, 0.1) is 0 Å². The molecule has 0 saturated carbocycles. The predicted octanol–water partition coefficient (Wildman–Crippen LogP) is 0.950. The van der Waals surface area contributed by atoms with Crippen LogP contribution in [0.4, 0.5) is 11.4 Å². The van der Waals surface area contributed by atoms with Crippen LogP contribution in [-0.4, -0.2) is 21.2 Å². The van der Waals surface area contributed by atoms with Gasteiger partial charge in [0.1, 0.15) is 11.4 Å². The van der Waals surface area contributed by atoms with Gasteiger partial charge in [0.2, 0.25) is 0 Å². The van der Waals surface area contributed by atoms with Crippen LogP contribution in [-0.2, 0) is 0 Å². The van der Waals surface area contributed by atoms with Crippen molar-refractivity contribution in [1.82, 2.24) is 10.2 Å². The molecule has 6 heteroatoms. The van der Waals surface area contributed by atoms with Crippen molar-refractivity contribution < 1.29 is 9.90 Å². The highest BCUT2D eigenvalue weighted by Crippen LogP contribution is 2.23. The Morgan fingerprint density at radius 1 is 1.44 bits per heavy atom. The van der Waals surface area contributed by atoms with Crippen molar-refractivity contribution in [2.24, 2.45) is 0 Å². The molecule has 1 amide bonds. The summed E-state index contributed by atoms with van der Waals surface area (Å²) in [4.78, 5) is 11.6. The van der Waals surface area contributed by atoms with Crippen molar-refractivity contribution in [3.8, 4) is 5.75 Å². The van der Waals surface area contributed by atoms with E-state index in [0.29, 0.717) is 17.1 Å². The summed E-state index contributed by atoms with van der Waals surface area (Å²) in [5, 5.41) is 17.9. The largest absolute Gasteiger partial charge is 0.508 e. The first-order chi connectivity index (χ1) is 7.66. The molecule has 0 bridgehead atoms. The van der Waals surface area contributed by atoms with Crippen molar-refractivity contribution in [2.45, 2.75) is 0 Å². The fourth-order valence-electron chi connectivity index (χ4n) is 1.24. The summed E-state index contributed by atoms with van der Waals surface area (Å²) in [6, 6.07) is 5.88. The zero-order valence-electron chi connectivity index (χ0n) is 8.27. The van der Waals surface area contributed by atoms with E-state index in [9.17, 15) is 4.79 Å². The Kier molecular flexibility index (Phi) is 2.47. The Morgan fingerprint density at radius 2 is 2.25 bits per heavy atom. The highest BCUT2D eigenvalue weighted by atomic mass is 16.3. The number of aromatic amines is 1. The number of hydrogen-bond donors (Lipinski definition) is 4. The van der Waals surface area contributed by atoms with Crippen LogP contribution in [0.2, 0.25) is 0 Å². The number of nitrogens with zero attached hydrogens (tertiary/aromatic N) is 1. The first-order valence-electron chi connectivity index (χ1n) is 4.56. The van der Waals surface area contributed by atoms with Crippen molar-refractivity contribution in [3.05, 3.63) is 36.2 Å². The number of rotatable bonds is 2. The van der Waals surface area contributed by atoms with Gasteiger partial charge in [-0.2, -0.15) is 5.10 Å². The van der Waals surface area contributed by atoms with E-state index in [1.54, 1.807) is 6.07 Å². The topological polar surface area (TPSA) is 104 Å². The number of aromatic hydroxyl groups is 1. The van der Waals surface area contributed by atoms with Crippen molar-refractivity contribution in [3.63, 3.8) is 0 Å². The van der Waals surface area contributed by atoms with Gasteiger partial charge in [-0.25, -0.2) is 0 Å². The summed E-state index contributed by atoms with van der Waals surface area (Å²) >= 11 is 0. The van der Waals surface area contributed by atoms with Gasteiger partial charge in [0.05, 0.1) is 11.4 Å². The van der Waals surface area contributed by atoms with Gasteiger partial charge in [-0.15, -0.1) is 0 Å². The van der Waals surface area contributed by atoms with E-state index in [1.165, 1.54) is 24.4 Å². The maximum Gasteiger partial charge on any atom is 0.273 e. The number of nitrogens with two attached hydrogens (primary N) is 1. The smallest absolute Gasteiger partial charge is 0.273 e. The lowest BCUT2D eigenvalue weighted by Gasteiger charge is -2.06. The number of nitrogens with one attached hydrogen (secondary N) is 2. The van der Waals surface area contributed by atoms with Crippen LogP contribution < -0.4 is 11.1 Å². The molecule has 1 heterocycles. The predicted molar refractivity (Wildman–Crippen MR) is 59.1 cm³/mol. The molecule has 2 aromatic rings. The second-order valence-electron chi connectivity index (χ2n) is 3.20. The summed E-state index contributed by atoms with van der Waals surface area (Å²) in [7, 11) is 0. The normalized spacial score (nSPS) is 10.0. The average Bonchev–Trinajstić information content (AvgIpc) is 2.75. The highest BCUT2D eigenvalue weighted by Gasteiger charge is 2.08. The number of carbonyl (C=O) groups excluding carboxylic acids is 1. The van der Waals surface area contributed by atoms with Crippen LogP contribution >= 0.6 is 0 Å². The molecule has 0 atom stereocenters. The number of phenols is 1. The lowest BCUT2D eigenvalue weighted by molar-refractivity contribution is 0.102. The van der Waals surface area contributed by atoms with Gasteiger partial charge in [-0.3, -0.25) is 9.89 Å². The number of aromatic nitrogens is 2. The maximum atomic E-state index is 11.6. The average molecular weight is 218 g/mol. The number of carbonyl (C=O) groups is 1. The molecule has 0 unspecified atom stereocenters. The minimum absolute atomic E-state index is 0.0528. The number of nitrogen functional groups attached to an aromatic ring is 1. The van der Waals surface area contributed by atoms with Gasteiger partial charge in [0.15, 0.2) is 0 Å². The Morgan fingerprint density at radius 3 is 2.88 bits per heavy atom. The number of hydrogen-bond acceptors (Lipinski definition) is 4. The van der Waals surface area contributed by atoms with E-state index < -0.39 is 0 Å². The van der Waals surface area contributed by atoms with Gasteiger partial charge >= 0.3 is 0 Å². The Hall–Kier alpha value is -2.50. The lowest BCUT2D eigenvalue weighted by Crippen LogP contribution is -2.13. The van der Waals surface area contributed by atoms with Gasteiger partial charge in [0, 0.05) is 12.3 Å². The lowest BCUT2D eigenvalue weighted by atomic mass is 10.2. The molecular weight excluding hydrogens is 208 g/mol. The quantitative estimate of drug-likeness (QED) is 0.445. The molecule has 0 saturated heterocycles. The van der Waals surface area contributed by atoms with E-state index in [-0.39, 0.29) is 11.7 Å². The third-order valence-electron chi connectivity index (χ3n) is 2.03. The second kappa shape index (κ2) is 3.93. The summed E-state index contributed by atoms with van der Waals surface area (Å²) in [5.74, 6) is -0.285. The van der Waals surface area contributed by atoms with E-state index in [1.807, 2.05) is 0 Å². The van der Waals surface area contributed by atoms with Gasteiger partial charge in [-0.1, -0.05) is 0 Å². The van der Waals surface area contributed by atoms with E-state index >= 15 is 0 Å². The minimum Gasteiger partial charge on any atom is -0.508 e. The maximum absolute atomic E-state index is 11.6. The first-order valence-corrected chi connectivity index (χ1v) is 4.56. The molecular formula is C10H10N4O2. The third-order valence-corrected chi connectivity index (χ3v) is 2.03.